The summed E-state index contributed by atoms with van der Waals surface area (Å²) in [6.07, 6.45) is 0. The van der Waals surface area contributed by atoms with Gasteiger partial charge in [0.2, 0.25) is 5.88 Å². The summed E-state index contributed by atoms with van der Waals surface area (Å²) in [5.74, 6) is -2.62. The maximum atomic E-state index is 12.9. The Hall–Kier alpha value is -3.46. The minimum atomic E-state index is -1.25. The summed E-state index contributed by atoms with van der Waals surface area (Å²) in [4.78, 5) is 30.4. The standard InChI is InChI=1S/C17H11ClFN3O5/c18-16-13-10(15(25)14(22-16)17(26)20-7-12(23)24)5-6-11(21-13)27-9-3-1-8(19)2-4-9/h1-6,25H,7H2,(H,20,26)(H,23,24). The molecule has 0 atom stereocenters. The van der Waals surface area contributed by atoms with Gasteiger partial charge in [-0.3, -0.25) is 9.59 Å². The smallest absolute Gasteiger partial charge is 0.322 e. The third-order valence-electron chi connectivity index (χ3n) is 3.41. The third-order valence-corrected chi connectivity index (χ3v) is 3.67. The first-order valence-corrected chi connectivity index (χ1v) is 7.85. The number of halogens is 2. The second-order valence-electron chi connectivity index (χ2n) is 5.28. The summed E-state index contributed by atoms with van der Waals surface area (Å²) in [5, 5.41) is 20.9. The number of carbonyl (C=O) groups excluding carboxylic acids is 1. The van der Waals surface area contributed by atoms with E-state index in [1.54, 1.807) is 0 Å². The van der Waals surface area contributed by atoms with E-state index in [-0.39, 0.29) is 21.9 Å². The molecule has 1 amide bonds. The van der Waals surface area contributed by atoms with Gasteiger partial charge >= 0.3 is 5.97 Å². The van der Waals surface area contributed by atoms with Crippen LogP contribution in [0.2, 0.25) is 5.15 Å². The number of hydrogen-bond donors (Lipinski definition) is 3. The Labute approximate surface area is 156 Å². The number of carboxylic acid groups (broad SMARTS) is 1. The van der Waals surface area contributed by atoms with Crippen LogP contribution in [-0.2, 0) is 4.79 Å². The minimum absolute atomic E-state index is 0.0727. The van der Waals surface area contributed by atoms with Crippen LogP contribution in [0.5, 0.6) is 17.4 Å². The molecular weight excluding hydrogens is 381 g/mol. The number of nitrogens with zero attached hydrogens (tertiary/aromatic N) is 2. The lowest BCUT2D eigenvalue weighted by Crippen LogP contribution is -2.30. The molecule has 0 radical (unpaired) electrons. The number of aliphatic carboxylic acids is 1. The van der Waals surface area contributed by atoms with E-state index in [4.69, 9.17) is 21.4 Å². The van der Waals surface area contributed by atoms with Gasteiger partial charge in [-0.15, -0.1) is 0 Å². The summed E-state index contributed by atoms with van der Waals surface area (Å²) in [7, 11) is 0. The van der Waals surface area contributed by atoms with E-state index >= 15 is 0 Å². The van der Waals surface area contributed by atoms with Crippen LogP contribution in [0.1, 0.15) is 10.5 Å². The molecule has 1 aromatic carbocycles. The Morgan fingerprint density at radius 2 is 1.85 bits per heavy atom. The predicted molar refractivity (Wildman–Crippen MR) is 92.7 cm³/mol. The number of benzene rings is 1. The number of pyridine rings is 2. The first-order valence-electron chi connectivity index (χ1n) is 7.48. The number of ether oxygens (including phenoxy) is 1. The SMILES string of the molecule is O=C(O)CNC(=O)c1nc(Cl)c2nc(Oc3ccc(F)cc3)ccc2c1O. The van der Waals surface area contributed by atoms with Crippen molar-refractivity contribution < 1.29 is 28.9 Å². The van der Waals surface area contributed by atoms with E-state index in [2.05, 4.69) is 15.3 Å². The van der Waals surface area contributed by atoms with Crippen molar-refractivity contribution in [3.63, 3.8) is 0 Å². The highest BCUT2D eigenvalue weighted by molar-refractivity contribution is 6.34. The number of fused-ring (bicyclic) bond motifs is 1. The Morgan fingerprint density at radius 3 is 2.52 bits per heavy atom. The molecule has 0 aliphatic heterocycles. The monoisotopic (exact) mass is 391 g/mol. The van der Waals surface area contributed by atoms with Crippen LogP contribution >= 0.6 is 11.6 Å². The molecule has 0 fully saturated rings. The summed E-state index contributed by atoms with van der Waals surface area (Å²) < 4.78 is 18.4. The number of rotatable bonds is 5. The fourth-order valence-electron chi connectivity index (χ4n) is 2.20. The first kappa shape index (κ1) is 18.3. The summed E-state index contributed by atoms with van der Waals surface area (Å²) >= 11 is 6.05. The summed E-state index contributed by atoms with van der Waals surface area (Å²) in [5.41, 5.74) is -0.355. The average Bonchev–Trinajstić information content (AvgIpc) is 2.64. The van der Waals surface area contributed by atoms with Crippen LogP contribution in [0.25, 0.3) is 10.9 Å². The van der Waals surface area contributed by atoms with Gasteiger partial charge < -0.3 is 20.3 Å². The van der Waals surface area contributed by atoms with Gasteiger partial charge in [0, 0.05) is 11.5 Å². The molecule has 0 spiro atoms. The van der Waals surface area contributed by atoms with E-state index in [1.165, 1.54) is 36.4 Å². The summed E-state index contributed by atoms with van der Waals surface area (Å²) in [6, 6.07) is 8.10. The Kier molecular flexibility index (Phi) is 5.04. The molecule has 2 aromatic heterocycles. The van der Waals surface area contributed by atoms with Crippen molar-refractivity contribution >= 4 is 34.4 Å². The zero-order chi connectivity index (χ0) is 19.6. The average molecular weight is 392 g/mol. The zero-order valence-electron chi connectivity index (χ0n) is 13.4. The molecule has 27 heavy (non-hydrogen) atoms. The molecule has 3 rings (SSSR count). The molecule has 0 unspecified atom stereocenters. The second kappa shape index (κ2) is 7.42. The van der Waals surface area contributed by atoms with E-state index < -0.39 is 35.7 Å². The molecule has 138 valence electrons. The van der Waals surface area contributed by atoms with Gasteiger partial charge in [0.1, 0.15) is 23.6 Å². The fourth-order valence-corrected chi connectivity index (χ4v) is 2.43. The van der Waals surface area contributed by atoms with E-state index in [9.17, 15) is 19.1 Å². The molecule has 0 saturated carbocycles. The number of aromatic nitrogens is 2. The van der Waals surface area contributed by atoms with Gasteiger partial charge in [-0.05, 0) is 30.3 Å². The lowest BCUT2D eigenvalue weighted by Gasteiger charge is -2.10. The highest BCUT2D eigenvalue weighted by atomic mass is 35.5. The number of aromatic hydroxyl groups is 1. The normalized spacial score (nSPS) is 10.6. The van der Waals surface area contributed by atoms with Gasteiger partial charge in [0.25, 0.3) is 5.91 Å². The van der Waals surface area contributed by atoms with Crippen LogP contribution in [0.15, 0.2) is 36.4 Å². The van der Waals surface area contributed by atoms with E-state index in [0.717, 1.165) is 0 Å². The van der Waals surface area contributed by atoms with E-state index in [1.807, 2.05) is 0 Å². The molecule has 2 heterocycles. The lowest BCUT2D eigenvalue weighted by molar-refractivity contribution is -0.135. The summed E-state index contributed by atoms with van der Waals surface area (Å²) in [6.45, 7) is -0.641. The molecular formula is C17H11ClFN3O5. The van der Waals surface area contributed by atoms with Crippen LogP contribution in [0.4, 0.5) is 4.39 Å². The molecule has 0 aliphatic rings. The second-order valence-corrected chi connectivity index (χ2v) is 5.64. The van der Waals surface area contributed by atoms with Gasteiger partial charge in [-0.25, -0.2) is 14.4 Å². The minimum Gasteiger partial charge on any atom is -0.505 e. The molecule has 0 aliphatic carbocycles. The van der Waals surface area contributed by atoms with Crippen molar-refractivity contribution in [2.75, 3.05) is 6.54 Å². The maximum Gasteiger partial charge on any atom is 0.322 e. The third kappa shape index (κ3) is 4.04. The van der Waals surface area contributed by atoms with Crippen molar-refractivity contribution in [3.05, 3.63) is 53.1 Å². The number of nitrogens with one attached hydrogen (secondary N) is 1. The fraction of sp³-hybridized carbons (Fsp3) is 0.0588. The van der Waals surface area contributed by atoms with Gasteiger partial charge in [0.15, 0.2) is 16.6 Å². The Morgan fingerprint density at radius 1 is 1.15 bits per heavy atom. The highest BCUT2D eigenvalue weighted by Gasteiger charge is 2.20. The first-order chi connectivity index (χ1) is 12.8. The quantitative estimate of drug-likeness (QED) is 0.571. The number of carboxylic acids is 1. The maximum absolute atomic E-state index is 12.9. The van der Waals surface area contributed by atoms with Crippen LogP contribution in [0, 0.1) is 5.82 Å². The molecule has 3 aromatic rings. The topological polar surface area (TPSA) is 122 Å². The van der Waals surface area contributed by atoms with Gasteiger partial charge in [-0.1, -0.05) is 11.6 Å². The van der Waals surface area contributed by atoms with Crippen molar-refractivity contribution in [1.82, 2.24) is 15.3 Å². The Balaban J connectivity index is 1.94. The van der Waals surface area contributed by atoms with Crippen LogP contribution in [-0.4, -0.2) is 38.6 Å². The number of carbonyl (C=O) groups is 2. The molecule has 3 N–H and O–H groups in total. The van der Waals surface area contributed by atoms with Crippen LogP contribution < -0.4 is 10.1 Å². The number of amides is 1. The van der Waals surface area contributed by atoms with Crippen molar-refractivity contribution in [3.8, 4) is 17.4 Å². The molecule has 8 nitrogen and oxygen atoms in total. The number of hydrogen-bond acceptors (Lipinski definition) is 6. The van der Waals surface area contributed by atoms with Gasteiger partial charge in [-0.2, -0.15) is 0 Å². The zero-order valence-corrected chi connectivity index (χ0v) is 14.2. The predicted octanol–water partition coefficient (Wildman–Crippen LogP) is 2.73. The van der Waals surface area contributed by atoms with Crippen LogP contribution in [0.3, 0.4) is 0 Å². The highest BCUT2D eigenvalue weighted by Crippen LogP contribution is 2.33. The van der Waals surface area contributed by atoms with E-state index in [0.29, 0.717) is 5.75 Å². The van der Waals surface area contributed by atoms with Crippen molar-refractivity contribution in [2.24, 2.45) is 0 Å². The van der Waals surface area contributed by atoms with Gasteiger partial charge in [0.05, 0.1) is 0 Å². The Bertz CT molecular complexity index is 1040. The molecule has 10 heteroatoms. The van der Waals surface area contributed by atoms with Crippen molar-refractivity contribution in [1.29, 1.82) is 0 Å². The lowest BCUT2D eigenvalue weighted by atomic mass is 10.2. The molecule has 0 bridgehead atoms. The largest absolute Gasteiger partial charge is 0.505 e. The van der Waals surface area contributed by atoms with Crippen molar-refractivity contribution in [2.45, 2.75) is 0 Å². The molecule has 0 saturated heterocycles.